The van der Waals surface area contributed by atoms with E-state index in [4.69, 9.17) is 0 Å². The fraction of sp³-hybridized carbons (Fsp3) is 0.312. The number of halogens is 1. The van der Waals surface area contributed by atoms with Gasteiger partial charge in [0, 0.05) is 25.7 Å². The Labute approximate surface area is 162 Å². The van der Waals surface area contributed by atoms with E-state index < -0.39 is 5.92 Å². The van der Waals surface area contributed by atoms with Crippen molar-refractivity contribution < 1.29 is 18.8 Å². The number of nitrogens with one attached hydrogen (secondary N) is 2. The molecular weight excluding hydrogens is 393 g/mol. The summed E-state index contributed by atoms with van der Waals surface area (Å²) < 4.78 is 13.6. The lowest BCUT2D eigenvalue weighted by Crippen LogP contribution is -2.28. The molecule has 1 fully saturated rings. The molecule has 1 atom stereocenters. The minimum Gasteiger partial charge on any atom is -0.358 e. The lowest BCUT2D eigenvalue weighted by Gasteiger charge is -2.16. The molecule has 0 aliphatic carbocycles. The predicted molar refractivity (Wildman–Crippen MR) is 100 cm³/mol. The molecular formula is C16H16FN5O3S2. The molecule has 0 unspecified atom stereocenters. The normalized spacial score (nSPS) is 16.4. The van der Waals surface area contributed by atoms with E-state index in [9.17, 15) is 18.8 Å². The summed E-state index contributed by atoms with van der Waals surface area (Å²) in [7, 11) is 1.55. The molecule has 1 aromatic carbocycles. The van der Waals surface area contributed by atoms with Gasteiger partial charge in [0.25, 0.3) is 0 Å². The molecule has 1 aliphatic rings. The van der Waals surface area contributed by atoms with Gasteiger partial charge in [0.2, 0.25) is 22.9 Å². The fourth-order valence-corrected chi connectivity index (χ4v) is 4.11. The van der Waals surface area contributed by atoms with E-state index >= 15 is 0 Å². The van der Waals surface area contributed by atoms with Crippen LogP contribution in [-0.4, -0.2) is 47.3 Å². The number of hydrogen-bond donors (Lipinski definition) is 2. The molecule has 0 saturated carbocycles. The van der Waals surface area contributed by atoms with Gasteiger partial charge in [-0.3, -0.25) is 14.4 Å². The van der Waals surface area contributed by atoms with Crippen LogP contribution in [0, 0.1) is 11.7 Å². The van der Waals surface area contributed by atoms with Crippen LogP contribution < -0.4 is 15.5 Å². The highest BCUT2D eigenvalue weighted by Crippen LogP contribution is 2.28. The molecule has 11 heteroatoms. The van der Waals surface area contributed by atoms with Crippen LogP contribution in [0.25, 0.3) is 0 Å². The van der Waals surface area contributed by atoms with Gasteiger partial charge in [0.1, 0.15) is 5.82 Å². The van der Waals surface area contributed by atoms with Gasteiger partial charge < -0.3 is 15.5 Å². The maximum atomic E-state index is 13.0. The van der Waals surface area contributed by atoms with Gasteiger partial charge in [-0.25, -0.2) is 4.39 Å². The van der Waals surface area contributed by atoms with Crippen LogP contribution in [0.3, 0.4) is 0 Å². The lowest BCUT2D eigenvalue weighted by atomic mass is 10.1. The van der Waals surface area contributed by atoms with Crippen LogP contribution in [0.4, 0.5) is 15.2 Å². The van der Waals surface area contributed by atoms with Gasteiger partial charge in [-0.2, -0.15) is 0 Å². The molecule has 2 N–H and O–H groups in total. The van der Waals surface area contributed by atoms with Gasteiger partial charge in [-0.1, -0.05) is 23.1 Å². The second-order valence-corrected chi connectivity index (χ2v) is 7.91. The monoisotopic (exact) mass is 409 g/mol. The first kappa shape index (κ1) is 19.2. The molecule has 27 heavy (non-hydrogen) atoms. The highest BCUT2D eigenvalue weighted by molar-refractivity contribution is 8.01. The summed E-state index contributed by atoms with van der Waals surface area (Å²) >= 11 is 2.38. The summed E-state index contributed by atoms with van der Waals surface area (Å²) in [6.45, 7) is 0.216. The lowest BCUT2D eigenvalue weighted by molar-refractivity contribution is -0.122. The smallest absolute Gasteiger partial charge is 0.231 e. The van der Waals surface area contributed by atoms with Crippen LogP contribution in [0.15, 0.2) is 28.6 Å². The van der Waals surface area contributed by atoms with Gasteiger partial charge in [-0.05, 0) is 24.3 Å². The number of benzene rings is 1. The first-order chi connectivity index (χ1) is 13.0. The molecule has 0 radical (unpaired) electrons. The van der Waals surface area contributed by atoms with E-state index in [0.717, 1.165) is 11.3 Å². The van der Waals surface area contributed by atoms with Crippen molar-refractivity contribution in [3.05, 3.63) is 30.1 Å². The first-order valence-electron chi connectivity index (χ1n) is 8.00. The summed E-state index contributed by atoms with van der Waals surface area (Å²) in [4.78, 5) is 37.3. The molecule has 1 saturated heterocycles. The van der Waals surface area contributed by atoms with Crippen molar-refractivity contribution in [2.45, 2.75) is 10.8 Å². The van der Waals surface area contributed by atoms with Gasteiger partial charge in [-0.15, -0.1) is 10.2 Å². The van der Waals surface area contributed by atoms with Crippen LogP contribution in [-0.2, 0) is 14.4 Å². The minimum absolute atomic E-state index is 0.0697. The minimum atomic E-state index is -0.534. The highest BCUT2D eigenvalue weighted by atomic mass is 32.2. The van der Waals surface area contributed by atoms with Crippen molar-refractivity contribution >= 4 is 51.6 Å². The highest BCUT2D eigenvalue weighted by Gasteiger charge is 2.35. The molecule has 1 aliphatic heterocycles. The van der Waals surface area contributed by atoms with Crippen molar-refractivity contribution in [3.8, 4) is 0 Å². The maximum Gasteiger partial charge on any atom is 0.231 e. The number of carbonyl (C=O) groups is 3. The van der Waals surface area contributed by atoms with Crippen LogP contribution in [0.5, 0.6) is 0 Å². The number of hydrogen-bond acceptors (Lipinski definition) is 7. The largest absolute Gasteiger partial charge is 0.358 e. The Bertz CT molecular complexity index is 858. The average molecular weight is 409 g/mol. The summed E-state index contributed by atoms with van der Waals surface area (Å²) in [5.74, 6) is -1.36. The Balaban J connectivity index is 1.57. The molecule has 3 amide bonds. The molecule has 8 nitrogen and oxygen atoms in total. The maximum absolute atomic E-state index is 13.0. The Hall–Kier alpha value is -2.53. The zero-order valence-corrected chi connectivity index (χ0v) is 15.9. The van der Waals surface area contributed by atoms with Crippen molar-refractivity contribution in [2.75, 3.05) is 29.6 Å². The van der Waals surface area contributed by atoms with E-state index in [1.165, 1.54) is 40.9 Å². The quantitative estimate of drug-likeness (QED) is 0.554. The summed E-state index contributed by atoms with van der Waals surface area (Å²) in [5, 5.41) is 13.3. The molecule has 1 aromatic heterocycles. The van der Waals surface area contributed by atoms with E-state index in [1.54, 1.807) is 7.05 Å². The van der Waals surface area contributed by atoms with Crippen molar-refractivity contribution in [3.63, 3.8) is 0 Å². The fourth-order valence-electron chi connectivity index (χ4n) is 2.48. The summed E-state index contributed by atoms with van der Waals surface area (Å²) in [6, 6.07) is 5.56. The number of thioether (sulfide) groups is 1. The molecule has 0 bridgehead atoms. The topological polar surface area (TPSA) is 104 Å². The Kier molecular flexibility index (Phi) is 6.01. The van der Waals surface area contributed by atoms with Gasteiger partial charge in [0.15, 0.2) is 4.34 Å². The predicted octanol–water partition coefficient (Wildman–Crippen LogP) is 1.51. The van der Waals surface area contributed by atoms with E-state index in [2.05, 4.69) is 20.8 Å². The standard InChI is InChI=1S/C16H16FN5O3S2/c1-18-12(23)8-26-16-21-20-15(27-16)19-14(25)9-6-13(24)22(7-9)11-4-2-10(17)3-5-11/h2-5,9H,6-8H2,1H3,(H,18,23)(H,19,20,25)/t9-/m1/s1. The number of nitrogens with zero attached hydrogens (tertiary/aromatic N) is 3. The van der Waals surface area contributed by atoms with Crippen LogP contribution in [0.2, 0.25) is 0 Å². The number of aromatic nitrogens is 2. The second kappa shape index (κ2) is 8.44. The molecule has 2 heterocycles. The van der Waals surface area contributed by atoms with E-state index in [1.807, 2.05) is 0 Å². The first-order valence-corrected chi connectivity index (χ1v) is 9.80. The molecule has 142 valence electrons. The van der Waals surface area contributed by atoms with Gasteiger partial charge >= 0.3 is 0 Å². The molecule has 2 aromatic rings. The Morgan fingerprint density at radius 1 is 1.33 bits per heavy atom. The summed E-state index contributed by atoms with van der Waals surface area (Å²) in [6.07, 6.45) is 0.0697. The van der Waals surface area contributed by atoms with Gasteiger partial charge in [0.05, 0.1) is 11.7 Å². The molecule has 3 rings (SSSR count). The zero-order chi connectivity index (χ0) is 19.4. The number of rotatable bonds is 6. The van der Waals surface area contributed by atoms with Crippen molar-refractivity contribution in [1.82, 2.24) is 15.5 Å². The van der Waals surface area contributed by atoms with E-state index in [-0.39, 0.29) is 42.3 Å². The molecule has 0 spiro atoms. The number of anilines is 2. The third-order valence-electron chi connectivity index (χ3n) is 3.88. The zero-order valence-electron chi connectivity index (χ0n) is 14.3. The second-order valence-electron chi connectivity index (χ2n) is 5.71. The average Bonchev–Trinajstić information content (AvgIpc) is 3.27. The number of carbonyl (C=O) groups excluding carboxylic acids is 3. The third-order valence-corrected chi connectivity index (χ3v) is 5.85. The van der Waals surface area contributed by atoms with E-state index in [0.29, 0.717) is 15.2 Å². The Morgan fingerprint density at radius 3 is 2.78 bits per heavy atom. The third kappa shape index (κ3) is 4.80. The van der Waals surface area contributed by atoms with Crippen LogP contribution >= 0.6 is 23.1 Å². The van der Waals surface area contributed by atoms with Crippen LogP contribution in [0.1, 0.15) is 6.42 Å². The van der Waals surface area contributed by atoms with Crippen molar-refractivity contribution in [2.24, 2.45) is 5.92 Å². The Morgan fingerprint density at radius 2 is 2.07 bits per heavy atom. The summed E-state index contributed by atoms with van der Waals surface area (Å²) in [5.41, 5.74) is 0.556. The van der Waals surface area contributed by atoms with Crippen molar-refractivity contribution in [1.29, 1.82) is 0 Å². The number of amides is 3. The SMILES string of the molecule is CNC(=O)CSc1nnc(NC(=O)[C@@H]2CC(=O)N(c3ccc(F)cc3)C2)s1.